The minimum Gasteiger partial charge on any atom is -0.479 e. The number of nitro benzene ring substituents is 1. The molecule has 0 radical (unpaired) electrons. The van der Waals surface area contributed by atoms with Gasteiger partial charge in [-0.3, -0.25) is 10.1 Å². The molecule has 0 bridgehead atoms. The maximum Gasteiger partial charge on any atom is 0.338 e. The van der Waals surface area contributed by atoms with E-state index in [0.29, 0.717) is 26.2 Å². The van der Waals surface area contributed by atoms with Crippen LogP contribution in [0.15, 0.2) is 24.3 Å². The van der Waals surface area contributed by atoms with Crippen LogP contribution in [0, 0.1) is 10.1 Å². The van der Waals surface area contributed by atoms with Gasteiger partial charge in [-0.05, 0) is 37.7 Å². The summed E-state index contributed by atoms with van der Waals surface area (Å²) in [4.78, 5) is 21.1. The Hall–Kier alpha value is -1.99. The van der Waals surface area contributed by atoms with Crippen LogP contribution in [0.25, 0.3) is 0 Å². The van der Waals surface area contributed by atoms with E-state index in [0.717, 1.165) is 37.7 Å². The fourth-order valence-corrected chi connectivity index (χ4v) is 2.52. The van der Waals surface area contributed by atoms with Crippen molar-refractivity contribution in [2.45, 2.75) is 44.1 Å². The van der Waals surface area contributed by atoms with E-state index in [4.69, 9.17) is 14.6 Å². The molecule has 1 aromatic carbocycles. The molecule has 1 atom stereocenters. The van der Waals surface area contributed by atoms with Crippen molar-refractivity contribution >= 4 is 11.7 Å². The molecule has 1 unspecified atom stereocenters. The molecule has 7 heteroatoms. The van der Waals surface area contributed by atoms with Gasteiger partial charge < -0.3 is 14.6 Å². The number of ether oxygens (including phenoxy) is 2. The summed E-state index contributed by atoms with van der Waals surface area (Å²) in [5, 5.41) is 19.5. The van der Waals surface area contributed by atoms with Crippen molar-refractivity contribution in [1.82, 2.24) is 0 Å². The third-order valence-corrected chi connectivity index (χ3v) is 4.15. The van der Waals surface area contributed by atoms with E-state index in [9.17, 15) is 14.9 Å². The van der Waals surface area contributed by atoms with E-state index < -0.39 is 16.5 Å². The number of unbranched alkanes of at least 4 members (excludes halogenated alkanes) is 2. The Morgan fingerprint density at radius 2 is 1.88 bits per heavy atom. The number of nitrogens with zero attached hydrogens (tertiary/aromatic N) is 1. The smallest absolute Gasteiger partial charge is 0.338 e. The molecule has 7 nitrogen and oxygen atoms in total. The molecule has 2 rings (SSSR count). The van der Waals surface area contributed by atoms with Gasteiger partial charge in [-0.1, -0.05) is 18.6 Å². The van der Waals surface area contributed by atoms with Gasteiger partial charge in [0.2, 0.25) is 0 Å². The van der Waals surface area contributed by atoms with Crippen molar-refractivity contribution in [3.8, 4) is 0 Å². The molecule has 1 aliphatic rings. The van der Waals surface area contributed by atoms with Gasteiger partial charge in [-0.25, -0.2) is 4.79 Å². The first-order chi connectivity index (χ1) is 11.5. The number of hydrogen-bond acceptors (Lipinski definition) is 5. The van der Waals surface area contributed by atoms with Crippen molar-refractivity contribution in [3.63, 3.8) is 0 Å². The van der Waals surface area contributed by atoms with Crippen LogP contribution in [0.3, 0.4) is 0 Å². The predicted molar refractivity (Wildman–Crippen MR) is 87.0 cm³/mol. The number of benzene rings is 1. The maximum atomic E-state index is 10.9. The quantitative estimate of drug-likeness (QED) is 0.272. The van der Waals surface area contributed by atoms with Crippen molar-refractivity contribution < 1.29 is 24.3 Å². The first kappa shape index (κ1) is 18.4. The summed E-state index contributed by atoms with van der Waals surface area (Å²) in [7, 11) is 0. The van der Waals surface area contributed by atoms with Crippen LogP contribution in [0.2, 0.25) is 0 Å². The number of carboxylic acid groups (broad SMARTS) is 1. The molecular formula is C17H23NO6. The highest BCUT2D eigenvalue weighted by Crippen LogP contribution is 2.33. The van der Waals surface area contributed by atoms with Crippen molar-refractivity contribution in [1.29, 1.82) is 0 Å². The summed E-state index contributed by atoms with van der Waals surface area (Å²) in [5.41, 5.74) is 0.273. The third kappa shape index (κ3) is 5.58. The summed E-state index contributed by atoms with van der Waals surface area (Å²) in [6, 6.07) is 6.58. The van der Waals surface area contributed by atoms with Crippen molar-refractivity contribution in [3.05, 3.63) is 39.9 Å². The second-order valence-corrected chi connectivity index (χ2v) is 6.04. The summed E-state index contributed by atoms with van der Waals surface area (Å²) >= 11 is 0. The highest BCUT2D eigenvalue weighted by Gasteiger charge is 2.51. The molecule has 1 fully saturated rings. The Bertz CT molecular complexity index is 553. The SMILES string of the molecule is O=C(O)C1(CCCCCOCCCc2ccc([N+](=O)[O-])cc2)CO1. The van der Waals surface area contributed by atoms with Crippen LogP contribution >= 0.6 is 0 Å². The van der Waals surface area contributed by atoms with Gasteiger partial charge in [0.1, 0.15) is 0 Å². The molecule has 1 heterocycles. The van der Waals surface area contributed by atoms with E-state index >= 15 is 0 Å². The monoisotopic (exact) mass is 337 g/mol. The first-order valence-electron chi connectivity index (χ1n) is 8.22. The van der Waals surface area contributed by atoms with Gasteiger partial charge >= 0.3 is 5.97 Å². The number of aryl methyl sites for hydroxylation is 1. The van der Waals surface area contributed by atoms with Gasteiger partial charge in [-0.2, -0.15) is 0 Å². The molecular weight excluding hydrogens is 314 g/mol. The number of carbonyl (C=O) groups is 1. The highest BCUT2D eigenvalue weighted by molar-refractivity contribution is 5.80. The Balaban J connectivity index is 1.45. The van der Waals surface area contributed by atoms with Crippen LogP contribution in [-0.4, -0.2) is 41.4 Å². The molecule has 132 valence electrons. The van der Waals surface area contributed by atoms with Crippen LogP contribution in [0.1, 0.15) is 37.7 Å². The van der Waals surface area contributed by atoms with Crippen molar-refractivity contribution in [2.75, 3.05) is 19.8 Å². The lowest BCUT2D eigenvalue weighted by Gasteiger charge is -2.07. The van der Waals surface area contributed by atoms with Crippen LogP contribution < -0.4 is 0 Å². The number of nitro groups is 1. The van der Waals surface area contributed by atoms with E-state index in [2.05, 4.69) is 0 Å². The van der Waals surface area contributed by atoms with E-state index in [-0.39, 0.29) is 5.69 Å². The van der Waals surface area contributed by atoms with Crippen LogP contribution in [0.4, 0.5) is 5.69 Å². The fourth-order valence-electron chi connectivity index (χ4n) is 2.52. The average molecular weight is 337 g/mol. The van der Waals surface area contributed by atoms with E-state index in [1.54, 1.807) is 12.1 Å². The summed E-state index contributed by atoms with van der Waals surface area (Å²) < 4.78 is 10.6. The highest BCUT2D eigenvalue weighted by atomic mass is 16.6. The fraction of sp³-hybridized carbons (Fsp3) is 0.588. The van der Waals surface area contributed by atoms with Gasteiger partial charge in [0.15, 0.2) is 5.60 Å². The molecule has 0 spiro atoms. The zero-order chi connectivity index (χ0) is 17.4. The number of carboxylic acids is 1. The number of hydrogen-bond donors (Lipinski definition) is 1. The molecule has 1 N–H and O–H groups in total. The van der Waals surface area contributed by atoms with Gasteiger partial charge in [0, 0.05) is 25.3 Å². The van der Waals surface area contributed by atoms with Gasteiger partial charge in [0.25, 0.3) is 5.69 Å². The minimum atomic E-state index is -0.897. The minimum absolute atomic E-state index is 0.108. The standard InChI is InChI=1S/C17H23NO6/c19-16(20)17(13-24-17)10-2-1-3-11-23-12-4-5-14-6-8-15(9-7-14)18(21)22/h6-9H,1-5,10-13H2,(H,19,20). The predicted octanol–water partition coefficient (Wildman–Crippen LogP) is 2.96. The number of non-ortho nitro benzene ring substituents is 1. The zero-order valence-electron chi connectivity index (χ0n) is 13.6. The Morgan fingerprint density at radius 1 is 1.21 bits per heavy atom. The molecule has 0 amide bonds. The lowest BCUT2D eigenvalue weighted by atomic mass is 10.0. The largest absolute Gasteiger partial charge is 0.479 e. The Kier molecular flexibility index (Phi) is 6.69. The van der Waals surface area contributed by atoms with Crippen LogP contribution in [-0.2, 0) is 20.7 Å². The van der Waals surface area contributed by atoms with E-state index in [1.807, 2.05) is 0 Å². The molecule has 24 heavy (non-hydrogen) atoms. The molecule has 1 aliphatic heterocycles. The first-order valence-corrected chi connectivity index (χ1v) is 8.22. The molecule has 1 aromatic rings. The molecule has 0 aromatic heterocycles. The summed E-state index contributed by atoms with van der Waals surface area (Å²) in [5.74, 6) is -0.856. The number of aliphatic carboxylic acids is 1. The van der Waals surface area contributed by atoms with Crippen LogP contribution in [0.5, 0.6) is 0 Å². The molecule has 1 saturated heterocycles. The Labute approximate surface area is 140 Å². The zero-order valence-corrected chi connectivity index (χ0v) is 13.6. The summed E-state index contributed by atoms with van der Waals surface area (Å²) in [6.07, 6.45) is 4.94. The van der Waals surface area contributed by atoms with Gasteiger partial charge in [0.05, 0.1) is 11.5 Å². The van der Waals surface area contributed by atoms with Gasteiger partial charge in [-0.15, -0.1) is 0 Å². The summed E-state index contributed by atoms with van der Waals surface area (Å²) in [6.45, 7) is 1.65. The average Bonchev–Trinajstić information content (AvgIpc) is 3.35. The lowest BCUT2D eigenvalue weighted by Crippen LogP contribution is -2.23. The Morgan fingerprint density at radius 3 is 2.46 bits per heavy atom. The normalized spacial score (nSPS) is 19.2. The second-order valence-electron chi connectivity index (χ2n) is 6.04. The third-order valence-electron chi connectivity index (χ3n) is 4.15. The maximum absolute atomic E-state index is 10.9. The number of rotatable bonds is 12. The molecule has 0 aliphatic carbocycles. The topological polar surface area (TPSA) is 102 Å². The molecule has 0 saturated carbocycles. The number of epoxide rings is 1. The lowest BCUT2D eigenvalue weighted by molar-refractivity contribution is -0.384. The second kappa shape index (κ2) is 8.75. The van der Waals surface area contributed by atoms with Crippen molar-refractivity contribution in [2.24, 2.45) is 0 Å². The van der Waals surface area contributed by atoms with E-state index in [1.165, 1.54) is 12.1 Å².